The summed E-state index contributed by atoms with van der Waals surface area (Å²) in [6, 6.07) is 11.3. The fourth-order valence-electron chi connectivity index (χ4n) is 2.50. The van der Waals surface area contributed by atoms with E-state index in [2.05, 4.69) is 10.1 Å². The summed E-state index contributed by atoms with van der Waals surface area (Å²) in [5.74, 6) is -0.810. The Morgan fingerprint density at radius 1 is 1.07 bits per heavy atom. The molecular formula is C19H21F3N2O4S. The summed E-state index contributed by atoms with van der Waals surface area (Å²) in [5.41, 5.74) is 1.56. The molecule has 1 amide bonds. The van der Waals surface area contributed by atoms with Gasteiger partial charge in [0, 0.05) is 5.69 Å². The number of nitrogens with zero attached hydrogens (tertiary/aromatic N) is 1. The van der Waals surface area contributed by atoms with E-state index in [-0.39, 0.29) is 11.6 Å². The fraction of sp³-hybridized carbons (Fsp3) is 0.316. The molecule has 29 heavy (non-hydrogen) atoms. The SMILES string of the molecule is CC(C)c1ccc(N(CC(=O)Nc2ccc(OC(F)(F)F)cc2)S(C)(=O)=O)cc1. The topological polar surface area (TPSA) is 75.7 Å². The second-order valence-electron chi connectivity index (χ2n) is 6.64. The number of carbonyl (C=O) groups excluding carboxylic acids is 1. The highest BCUT2D eigenvalue weighted by Gasteiger charge is 2.31. The molecule has 0 aliphatic rings. The molecule has 0 aliphatic heterocycles. The van der Waals surface area contributed by atoms with Crippen molar-refractivity contribution in [1.29, 1.82) is 0 Å². The van der Waals surface area contributed by atoms with Crippen molar-refractivity contribution in [3.63, 3.8) is 0 Å². The predicted octanol–water partition coefficient (Wildman–Crippen LogP) is 4.11. The lowest BCUT2D eigenvalue weighted by Gasteiger charge is -2.22. The number of hydrogen-bond donors (Lipinski definition) is 1. The van der Waals surface area contributed by atoms with Gasteiger partial charge in [-0.15, -0.1) is 13.2 Å². The first-order valence-electron chi connectivity index (χ1n) is 8.58. The van der Waals surface area contributed by atoms with E-state index in [1.807, 2.05) is 13.8 Å². The Morgan fingerprint density at radius 3 is 2.07 bits per heavy atom. The van der Waals surface area contributed by atoms with Gasteiger partial charge in [-0.25, -0.2) is 8.42 Å². The summed E-state index contributed by atoms with van der Waals surface area (Å²) >= 11 is 0. The number of carbonyl (C=O) groups is 1. The van der Waals surface area contributed by atoms with Crippen LogP contribution in [0.3, 0.4) is 0 Å². The number of rotatable bonds is 7. The van der Waals surface area contributed by atoms with Crippen molar-refractivity contribution in [1.82, 2.24) is 0 Å². The number of halogens is 3. The first-order valence-corrected chi connectivity index (χ1v) is 10.4. The first kappa shape index (κ1) is 22.5. The van der Waals surface area contributed by atoms with Gasteiger partial charge in [0.25, 0.3) is 0 Å². The van der Waals surface area contributed by atoms with Crippen LogP contribution < -0.4 is 14.4 Å². The molecule has 2 aromatic rings. The fourth-order valence-corrected chi connectivity index (χ4v) is 3.35. The summed E-state index contributed by atoms with van der Waals surface area (Å²) in [4.78, 5) is 12.3. The third-order valence-electron chi connectivity index (χ3n) is 3.91. The quantitative estimate of drug-likeness (QED) is 0.717. The van der Waals surface area contributed by atoms with Crippen molar-refractivity contribution in [3.8, 4) is 5.75 Å². The van der Waals surface area contributed by atoms with Gasteiger partial charge in [-0.1, -0.05) is 26.0 Å². The van der Waals surface area contributed by atoms with Crippen LogP contribution in [0.1, 0.15) is 25.3 Å². The molecule has 0 unspecified atom stereocenters. The van der Waals surface area contributed by atoms with E-state index >= 15 is 0 Å². The highest BCUT2D eigenvalue weighted by molar-refractivity contribution is 7.92. The Morgan fingerprint density at radius 2 is 1.62 bits per heavy atom. The smallest absolute Gasteiger partial charge is 0.406 e. The number of alkyl halides is 3. The predicted molar refractivity (Wildman–Crippen MR) is 104 cm³/mol. The van der Waals surface area contributed by atoms with Crippen LogP contribution in [0.25, 0.3) is 0 Å². The maximum absolute atomic E-state index is 12.3. The zero-order valence-corrected chi connectivity index (χ0v) is 16.8. The van der Waals surface area contributed by atoms with Gasteiger partial charge in [-0.05, 0) is 47.9 Å². The van der Waals surface area contributed by atoms with Crippen LogP contribution in [0.4, 0.5) is 24.5 Å². The summed E-state index contributed by atoms with van der Waals surface area (Å²) < 4.78 is 65.5. The van der Waals surface area contributed by atoms with Crippen molar-refractivity contribution >= 4 is 27.3 Å². The Kier molecular flexibility index (Phi) is 6.78. The highest BCUT2D eigenvalue weighted by Crippen LogP contribution is 2.25. The summed E-state index contributed by atoms with van der Waals surface area (Å²) in [6.45, 7) is 3.52. The van der Waals surface area contributed by atoms with Gasteiger partial charge in [-0.3, -0.25) is 9.10 Å². The molecule has 0 radical (unpaired) electrons. The van der Waals surface area contributed by atoms with Gasteiger partial charge in [0.2, 0.25) is 15.9 Å². The van der Waals surface area contributed by atoms with Crippen molar-refractivity contribution in [3.05, 3.63) is 54.1 Å². The zero-order valence-electron chi connectivity index (χ0n) is 16.0. The van der Waals surface area contributed by atoms with Crippen LogP contribution in [0.15, 0.2) is 48.5 Å². The second-order valence-corrected chi connectivity index (χ2v) is 8.54. The number of anilines is 2. The number of sulfonamides is 1. The standard InChI is InChI=1S/C19H21F3N2O4S/c1-13(2)14-4-8-16(9-5-14)24(29(3,26)27)12-18(25)23-15-6-10-17(11-7-15)28-19(20,21)22/h4-11,13H,12H2,1-3H3,(H,23,25). The molecule has 158 valence electrons. The second kappa shape index (κ2) is 8.73. The van der Waals surface area contributed by atoms with Crippen LogP contribution in [-0.2, 0) is 14.8 Å². The third kappa shape index (κ3) is 6.97. The van der Waals surface area contributed by atoms with E-state index in [4.69, 9.17) is 0 Å². The maximum Gasteiger partial charge on any atom is 0.573 e. The average molecular weight is 430 g/mol. The lowest BCUT2D eigenvalue weighted by Crippen LogP contribution is -2.37. The minimum absolute atomic E-state index is 0.202. The molecule has 0 spiro atoms. The Balaban J connectivity index is 2.11. The largest absolute Gasteiger partial charge is 0.573 e. The summed E-state index contributed by atoms with van der Waals surface area (Å²) in [5, 5.41) is 2.45. The molecule has 2 aromatic carbocycles. The van der Waals surface area contributed by atoms with Crippen molar-refractivity contribution in [2.24, 2.45) is 0 Å². The normalized spacial score (nSPS) is 12.0. The van der Waals surface area contributed by atoms with Crippen molar-refractivity contribution in [2.75, 3.05) is 22.4 Å². The molecule has 2 rings (SSSR count). The Labute approximate surface area is 167 Å². The van der Waals surface area contributed by atoms with E-state index in [9.17, 15) is 26.4 Å². The highest BCUT2D eigenvalue weighted by atomic mass is 32.2. The molecule has 0 saturated heterocycles. The van der Waals surface area contributed by atoms with Crippen LogP contribution in [0, 0.1) is 0 Å². The van der Waals surface area contributed by atoms with Crippen molar-refractivity contribution < 1.29 is 31.1 Å². The van der Waals surface area contributed by atoms with Crippen LogP contribution in [0.2, 0.25) is 0 Å². The molecule has 0 aromatic heterocycles. The number of amides is 1. The van der Waals surface area contributed by atoms with E-state index in [0.29, 0.717) is 5.69 Å². The number of ether oxygens (including phenoxy) is 1. The summed E-state index contributed by atoms with van der Waals surface area (Å²) in [6.07, 6.45) is -3.83. The van der Waals surface area contributed by atoms with Crippen LogP contribution in [0.5, 0.6) is 5.75 Å². The average Bonchev–Trinajstić information content (AvgIpc) is 2.59. The Hall–Kier alpha value is -2.75. The molecule has 1 N–H and O–H groups in total. The van der Waals surface area contributed by atoms with Crippen molar-refractivity contribution in [2.45, 2.75) is 26.1 Å². The number of benzene rings is 2. The molecular weight excluding hydrogens is 409 g/mol. The van der Waals surface area contributed by atoms with E-state index in [1.54, 1.807) is 24.3 Å². The lowest BCUT2D eigenvalue weighted by atomic mass is 10.0. The van der Waals surface area contributed by atoms with Crippen LogP contribution >= 0.6 is 0 Å². The number of nitrogens with one attached hydrogen (secondary N) is 1. The number of hydrogen-bond acceptors (Lipinski definition) is 4. The van der Waals surface area contributed by atoms with Crippen LogP contribution in [-0.4, -0.2) is 33.5 Å². The van der Waals surface area contributed by atoms with Gasteiger partial charge < -0.3 is 10.1 Å². The maximum atomic E-state index is 12.3. The van der Waals surface area contributed by atoms with Gasteiger partial charge in [0.15, 0.2) is 0 Å². The molecule has 6 nitrogen and oxygen atoms in total. The molecule has 0 bridgehead atoms. The molecule has 0 aliphatic carbocycles. The summed E-state index contributed by atoms with van der Waals surface area (Å²) in [7, 11) is -3.74. The van der Waals surface area contributed by atoms with E-state index < -0.39 is 34.6 Å². The third-order valence-corrected chi connectivity index (χ3v) is 5.05. The molecule has 10 heteroatoms. The minimum atomic E-state index is -4.81. The molecule has 0 heterocycles. The molecule has 0 atom stereocenters. The Bertz CT molecular complexity index is 941. The zero-order chi connectivity index (χ0) is 21.8. The lowest BCUT2D eigenvalue weighted by molar-refractivity contribution is -0.274. The van der Waals surface area contributed by atoms with Gasteiger partial charge in [-0.2, -0.15) is 0 Å². The van der Waals surface area contributed by atoms with E-state index in [1.165, 1.54) is 12.1 Å². The van der Waals surface area contributed by atoms with E-state index in [0.717, 1.165) is 28.3 Å². The van der Waals surface area contributed by atoms with Gasteiger partial charge in [0.05, 0.1) is 11.9 Å². The molecule has 0 saturated carbocycles. The minimum Gasteiger partial charge on any atom is -0.406 e. The molecule has 0 fully saturated rings. The monoisotopic (exact) mass is 430 g/mol. The van der Waals surface area contributed by atoms with Gasteiger partial charge in [0.1, 0.15) is 12.3 Å². The first-order chi connectivity index (χ1) is 13.3. The van der Waals surface area contributed by atoms with Gasteiger partial charge >= 0.3 is 6.36 Å².